The number of benzene rings is 2. The molecule has 3 rings (SSSR count). The molecular formula is C19H20F2N2O3S. The van der Waals surface area contributed by atoms with Gasteiger partial charge in [0, 0.05) is 24.8 Å². The Morgan fingerprint density at radius 3 is 2.63 bits per heavy atom. The van der Waals surface area contributed by atoms with E-state index >= 15 is 0 Å². The van der Waals surface area contributed by atoms with E-state index in [1.807, 2.05) is 13.0 Å². The second-order valence-corrected chi connectivity index (χ2v) is 8.55. The number of halogens is 2. The Morgan fingerprint density at radius 1 is 1.15 bits per heavy atom. The largest absolute Gasteiger partial charge is 0.322 e. The van der Waals surface area contributed by atoms with Gasteiger partial charge in [-0.1, -0.05) is 13.0 Å². The Kier molecular flexibility index (Phi) is 5.57. The first-order chi connectivity index (χ1) is 12.8. The molecule has 0 unspecified atom stereocenters. The number of anilines is 1. The van der Waals surface area contributed by atoms with Crippen molar-refractivity contribution in [2.45, 2.75) is 26.3 Å². The lowest BCUT2D eigenvalue weighted by Crippen LogP contribution is -2.37. The third kappa shape index (κ3) is 4.33. The first-order valence-electron chi connectivity index (χ1n) is 8.66. The molecule has 0 atom stereocenters. The molecule has 1 aliphatic rings. The van der Waals surface area contributed by atoms with Crippen LogP contribution in [0.3, 0.4) is 0 Å². The summed E-state index contributed by atoms with van der Waals surface area (Å²) in [5.41, 5.74) is 1.99. The standard InChI is InChI=1S/C19H20F2N2O3S/c1-2-9-27(25,26)23-8-7-13-3-5-16(10-14(13)12-23)22-19(24)17-6-4-15(20)11-18(17)21/h3-6,10-11H,2,7-9,12H2,1H3,(H,22,24). The summed E-state index contributed by atoms with van der Waals surface area (Å²) in [5.74, 6) is -2.30. The molecule has 0 saturated heterocycles. The fourth-order valence-corrected chi connectivity index (χ4v) is 4.58. The van der Waals surface area contributed by atoms with Crippen LogP contribution in [0.25, 0.3) is 0 Å². The number of hydrogen-bond donors (Lipinski definition) is 1. The molecule has 27 heavy (non-hydrogen) atoms. The number of sulfonamides is 1. The van der Waals surface area contributed by atoms with Gasteiger partial charge in [-0.15, -0.1) is 0 Å². The summed E-state index contributed by atoms with van der Waals surface area (Å²) in [6, 6.07) is 7.96. The quantitative estimate of drug-likeness (QED) is 0.846. The summed E-state index contributed by atoms with van der Waals surface area (Å²) in [7, 11) is -3.30. The van der Waals surface area contributed by atoms with E-state index in [0.29, 0.717) is 31.1 Å². The van der Waals surface area contributed by atoms with Crippen LogP contribution in [0.2, 0.25) is 0 Å². The number of hydrogen-bond acceptors (Lipinski definition) is 3. The van der Waals surface area contributed by atoms with Crippen molar-refractivity contribution in [1.29, 1.82) is 0 Å². The molecule has 8 heteroatoms. The maximum Gasteiger partial charge on any atom is 0.258 e. The minimum absolute atomic E-state index is 0.0998. The van der Waals surface area contributed by atoms with Crippen LogP contribution in [0.5, 0.6) is 0 Å². The van der Waals surface area contributed by atoms with Gasteiger partial charge in [-0.3, -0.25) is 4.79 Å². The molecule has 2 aromatic rings. The summed E-state index contributed by atoms with van der Waals surface area (Å²) in [6.07, 6.45) is 1.14. The average Bonchev–Trinajstić information content (AvgIpc) is 2.61. The molecule has 144 valence electrons. The van der Waals surface area contributed by atoms with Crippen LogP contribution in [0.4, 0.5) is 14.5 Å². The van der Waals surface area contributed by atoms with Gasteiger partial charge in [-0.2, -0.15) is 4.31 Å². The van der Waals surface area contributed by atoms with Gasteiger partial charge >= 0.3 is 0 Å². The van der Waals surface area contributed by atoms with Crippen LogP contribution in [0.1, 0.15) is 34.8 Å². The lowest BCUT2D eigenvalue weighted by molar-refractivity contribution is 0.102. The predicted octanol–water partition coefficient (Wildman–Crippen LogP) is 3.32. The van der Waals surface area contributed by atoms with Crippen LogP contribution in [-0.4, -0.2) is 30.9 Å². The van der Waals surface area contributed by atoms with Crippen molar-refractivity contribution in [2.75, 3.05) is 17.6 Å². The second kappa shape index (κ2) is 7.74. The van der Waals surface area contributed by atoms with Crippen LogP contribution in [0, 0.1) is 11.6 Å². The monoisotopic (exact) mass is 394 g/mol. The highest BCUT2D eigenvalue weighted by Crippen LogP contribution is 2.25. The number of carbonyl (C=O) groups is 1. The Bertz CT molecular complexity index is 977. The molecule has 0 aromatic heterocycles. The van der Waals surface area contributed by atoms with E-state index in [0.717, 1.165) is 23.3 Å². The smallest absolute Gasteiger partial charge is 0.258 e. The lowest BCUT2D eigenvalue weighted by Gasteiger charge is -2.28. The van der Waals surface area contributed by atoms with Gasteiger partial charge in [-0.25, -0.2) is 17.2 Å². The topological polar surface area (TPSA) is 66.5 Å². The molecular weight excluding hydrogens is 374 g/mol. The number of carbonyl (C=O) groups excluding carboxylic acids is 1. The Hall–Kier alpha value is -2.32. The van der Waals surface area contributed by atoms with Crippen LogP contribution >= 0.6 is 0 Å². The molecule has 0 saturated carbocycles. The normalized spacial score (nSPS) is 14.6. The molecule has 1 heterocycles. The summed E-state index contributed by atoms with van der Waals surface area (Å²) >= 11 is 0. The van der Waals surface area contributed by atoms with E-state index in [1.165, 1.54) is 4.31 Å². The van der Waals surface area contributed by atoms with Crippen molar-refractivity contribution in [1.82, 2.24) is 4.31 Å². The van der Waals surface area contributed by atoms with Crippen molar-refractivity contribution in [2.24, 2.45) is 0 Å². The van der Waals surface area contributed by atoms with Crippen molar-refractivity contribution in [3.63, 3.8) is 0 Å². The minimum Gasteiger partial charge on any atom is -0.322 e. The van der Waals surface area contributed by atoms with E-state index in [-0.39, 0.29) is 17.9 Å². The average molecular weight is 394 g/mol. The van der Waals surface area contributed by atoms with Gasteiger partial charge in [-0.05, 0) is 48.2 Å². The number of nitrogens with one attached hydrogen (secondary N) is 1. The molecule has 1 amide bonds. The van der Waals surface area contributed by atoms with Crippen LogP contribution < -0.4 is 5.32 Å². The van der Waals surface area contributed by atoms with Crippen LogP contribution in [-0.2, 0) is 23.0 Å². The lowest BCUT2D eigenvalue weighted by atomic mass is 10.0. The minimum atomic E-state index is -3.30. The van der Waals surface area contributed by atoms with Gasteiger partial charge in [0.2, 0.25) is 10.0 Å². The number of nitrogens with zero attached hydrogens (tertiary/aromatic N) is 1. The molecule has 0 bridgehead atoms. The molecule has 0 aliphatic carbocycles. The second-order valence-electron chi connectivity index (χ2n) is 6.46. The van der Waals surface area contributed by atoms with Crippen molar-refractivity contribution >= 4 is 21.6 Å². The molecule has 1 aliphatic heterocycles. The van der Waals surface area contributed by atoms with Crippen LogP contribution in [0.15, 0.2) is 36.4 Å². The van der Waals surface area contributed by atoms with Crippen molar-refractivity contribution in [3.8, 4) is 0 Å². The first kappa shape index (κ1) is 19.4. The highest BCUT2D eigenvalue weighted by atomic mass is 32.2. The molecule has 0 radical (unpaired) electrons. The van der Waals surface area contributed by atoms with Crippen molar-refractivity contribution in [3.05, 3.63) is 64.7 Å². The van der Waals surface area contributed by atoms with Gasteiger partial charge in [0.05, 0.1) is 11.3 Å². The predicted molar refractivity (Wildman–Crippen MR) is 98.9 cm³/mol. The maximum absolute atomic E-state index is 13.8. The maximum atomic E-state index is 13.8. The molecule has 0 spiro atoms. The van der Waals surface area contributed by atoms with E-state index in [9.17, 15) is 22.0 Å². The zero-order chi connectivity index (χ0) is 19.6. The Morgan fingerprint density at radius 2 is 1.93 bits per heavy atom. The van der Waals surface area contributed by atoms with E-state index in [1.54, 1.807) is 12.1 Å². The van der Waals surface area contributed by atoms with Crippen molar-refractivity contribution < 1.29 is 22.0 Å². The molecule has 5 nitrogen and oxygen atoms in total. The van der Waals surface area contributed by atoms with E-state index in [2.05, 4.69) is 5.32 Å². The summed E-state index contributed by atoms with van der Waals surface area (Å²) in [5, 5.41) is 2.58. The molecule has 0 fully saturated rings. The SMILES string of the molecule is CCCS(=O)(=O)N1CCc2ccc(NC(=O)c3ccc(F)cc3F)cc2C1. The third-order valence-electron chi connectivity index (χ3n) is 4.47. The fourth-order valence-electron chi connectivity index (χ4n) is 3.11. The summed E-state index contributed by atoms with van der Waals surface area (Å²) in [6.45, 7) is 2.49. The Labute approximate surface area is 157 Å². The fraction of sp³-hybridized carbons (Fsp3) is 0.316. The Balaban J connectivity index is 1.79. The van der Waals surface area contributed by atoms with Gasteiger partial charge in [0.15, 0.2) is 0 Å². The molecule has 1 N–H and O–H groups in total. The summed E-state index contributed by atoms with van der Waals surface area (Å²) in [4.78, 5) is 12.2. The van der Waals surface area contributed by atoms with E-state index < -0.39 is 27.6 Å². The highest BCUT2D eigenvalue weighted by molar-refractivity contribution is 7.89. The third-order valence-corrected chi connectivity index (χ3v) is 6.50. The number of fused-ring (bicyclic) bond motifs is 1. The summed E-state index contributed by atoms with van der Waals surface area (Å²) < 4.78 is 52.8. The van der Waals surface area contributed by atoms with Gasteiger partial charge in [0.1, 0.15) is 11.6 Å². The zero-order valence-corrected chi connectivity index (χ0v) is 15.7. The first-order valence-corrected chi connectivity index (χ1v) is 10.3. The number of rotatable bonds is 5. The molecule has 2 aromatic carbocycles. The zero-order valence-electron chi connectivity index (χ0n) is 14.8. The number of amides is 1. The highest BCUT2D eigenvalue weighted by Gasteiger charge is 2.26. The van der Waals surface area contributed by atoms with Gasteiger partial charge in [0.25, 0.3) is 5.91 Å². The van der Waals surface area contributed by atoms with E-state index in [4.69, 9.17) is 0 Å². The van der Waals surface area contributed by atoms with Gasteiger partial charge < -0.3 is 5.32 Å².